The van der Waals surface area contributed by atoms with Gasteiger partial charge in [-0.05, 0) is 13.8 Å². The number of nitrogens with zero attached hydrogens (tertiary/aromatic N) is 2. The van der Waals surface area contributed by atoms with Crippen LogP contribution in [0, 0.1) is 0 Å². The van der Waals surface area contributed by atoms with Crippen molar-refractivity contribution in [2.24, 2.45) is 0 Å². The zero-order valence-electron chi connectivity index (χ0n) is 8.51. The van der Waals surface area contributed by atoms with Crippen molar-refractivity contribution < 1.29 is 19.2 Å². The van der Waals surface area contributed by atoms with E-state index in [-0.39, 0.29) is 18.3 Å². The Labute approximate surface area is 86.5 Å². The molecule has 1 amide bonds. The second kappa shape index (κ2) is 4.59. The predicted octanol–water partition coefficient (Wildman–Crippen LogP) is 0.610. The minimum Gasteiger partial charge on any atom is -0.480 e. The van der Waals surface area contributed by atoms with Gasteiger partial charge >= 0.3 is 5.97 Å². The van der Waals surface area contributed by atoms with Crippen molar-refractivity contribution in [3.05, 3.63) is 18.0 Å². The smallest absolute Gasteiger partial charge is 0.323 e. The predicted molar refractivity (Wildman–Crippen MR) is 50.3 cm³/mol. The number of hydrogen-bond donors (Lipinski definition) is 1. The van der Waals surface area contributed by atoms with E-state index in [4.69, 9.17) is 5.11 Å². The molecule has 0 aliphatic carbocycles. The van der Waals surface area contributed by atoms with E-state index in [0.29, 0.717) is 0 Å². The molecule has 0 atom stereocenters. The van der Waals surface area contributed by atoms with Gasteiger partial charge in [-0.25, -0.2) is 0 Å². The molecule has 1 heterocycles. The van der Waals surface area contributed by atoms with Crippen LogP contribution in [0.25, 0.3) is 0 Å². The highest BCUT2D eigenvalue weighted by Crippen LogP contribution is 2.06. The highest BCUT2D eigenvalue weighted by atomic mass is 16.5. The van der Waals surface area contributed by atoms with Crippen LogP contribution in [0.5, 0.6) is 0 Å². The van der Waals surface area contributed by atoms with Gasteiger partial charge in [-0.1, -0.05) is 5.16 Å². The number of carboxylic acid groups (broad SMARTS) is 1. The lowest BCUT2D eigenvalue weighted by atomic mass is 10.2. The van der Waals surface area contributed by atoms with Gasteiger partial charge in [0.25, 0.3) is 5.91 Å². The van der Waals surface area contributed by atoms with Crippen LogP contribution in [0.15, 0.2) is 16.9 Å². The van der Waals surface area contributed by atoms with Gasteiger partial charge in [-0.15, -0.1) is 0 Å². The molecule has 0 aliphatic rings. The molecule has 0 unspecified atom stereocenters. The summed E-state index contributed by atoms with van der Waals surface area (Å²) in [6.07, 6.45) is 1.27. The molecule has 0 aliphatic heterocycles. The fraction of sp³-hybridized carbons (Fsp3) is 0.444. The summed E-state index contributed by atoms with van der Waals surface area (Å²) < 4.78 is 4.53. The number of hydrogen-bond acceptors (Lipinski definition) is 4. The summed E-state index contributed by atoms with van der Waals surface area (Å²) in [7, 11) is 0. The number of amides is 1. The first kappa shape index (κ1) is 11.2. The summed E-state index contributed by atoms with van der Waals surface area (Å²) >= 11 is 0. The van der Waals surface area contributed by atoms with Crippen LogP contribution in [0.1, 0.15) is 24.3 Å². The normalized spacial score (nSPS) is 10.3. The van der Waals surface area contributed by atoms with Crippen molar-refractivity contribution in [3.63, 3.8) is 0 Å². The lowest BCUT2D eigenvalue weighted by Crippen LogP contribution is -2.40. The highest BCUT2D eigenvalue weighted by molar-refractivity contribution is 5.94. The Balaban J connectivity index is 2.81. The van der Waals surface area contributed by atoms with Crippen LogP contribution in [-0.2, 0) is 4.79 Å². The molecular weight excluding hydrogens is 200 g/mol. The van der Waals surface area contributed by atoms with Crippen LogP contribution in [0.3, 0.4) is 0 Å². The van der Waals surface area contributed by atoms with E-state index in [9.17, 15) is 9.59 Å². The first-order valence-electron chi connectivity index (χ1n) is 4.45. The van der Waals surface area contributed by atoms with Crippen LogP contribution < -0.4 is 0 Å². The lowest BCUT2D eigenvalue weighted by Gasteiger charge is -2.23. The maximum Gasteiger partial charge on any atom is 0.323 e. The number of carbonyl (C=O) groups is 2. The van der Waals surface area contributed by atoms with Crippen LogP contribution in [-0.4, -0.2) is 39.6 Å². The van der Waals surface area contributed by atoms with E-state index in [1.807, 2.05) is 0 Å². The van der Waals surface area contributed by atoms with Crippen LogP contribution in [0.2, 0.25) is 0 Å². The molecule has 1 aromatic rings. The Morgan fingerprint density at radius 3 is 2.67 bits per heavy atom. The number of carboxylic acids is 1. The topological polar surface area (TPSA) is 83.6 Å². The summed E-state index contributed by atoms with van der Waals surface area (Å²) in [6.45, 7) is 3.13. The van der Waals surface area contributed by atoms with E-state index >= 15 is 0 Å². The van der Waals surface area contributed by atoms with Gasteiger partial charge in [0.2, 0.25) is 0 Å². The fourth-order valence-corrected chi connectivity index (χ4v) is 1.10. The molecule has 1 rings (SSSR count). The zero-order chi connectivity index (χ0) is 11.4. The van der Waals surface area contributed by atoms with Gasteiger partial charge in [0.1, 0.15) is 12.8 Å². The summed E-state index contributed by atoms with van der Waals surface area (Å²) in [5.41, 5.74) is 0.116. The SMILES string of the molecule is CC(C)N(CC(=O)O)C(=O)c1ccon1. The molecule has 0 saturated heterocycles. The van der Waals surface area contributed by atoms with Gasteiger partial charge in [-0.3, -0.25) is 9.59 Å². The molecule has 1 aromatic heterocycles. The molecule has 0 bridgehead atoms. The minimum atomic E-state index is -1.06. The fourth-order valence-electron chi connectivity index (χ4n) is 1.10. The van der Waals surface area contributed by atoms with E-state index in [1.165, 1.54) is 17.2 Å². The van der Waals surface area contributed by atoms with Crippen LogP contribution in [0.4, 0.5) is 0 Å². The number of carbonyl (C=O) groups excluding carboxylic acids is 1. The first-order valence-corrected chi connectivity index (χ1v) is 4.45. The van der Waals surface area contributed by atoms with E-state index < -0.39 is 11.9 Å². The van der Waals surface area contributed by atoms with Gasteiger partial charge in [0.15, 0.2) is 5.69 Å². The number of aliphatic carboxylic acids is 1. The Morgan fingerprint density at radius 1 is 1.60 bits per heavy atom. The van der Waals surface area contributed by atoms with Gasteiger partial charge in [0.05, 0.1) is 0 Å². The van der Waals surface area contributed by atoms with Crippen molar-refractivity contribution in [2.75, 3.05) is 6.54 Å². The molecule has 0 spiro atoms. The van der Waals surface area contributed by atoms with Gasteiger partial charge < -0.3 is 14.5 Å². The Kier molecular flexibility index (Phi) is 3.43. The lowest BCUT2D eigenvalue weighted by molar-refractivity contribution is -0.138. The van der Waals surface area contributed by atoms with Crippen molar-refractivity contribution in [2.45, 2.75) is 19.9 Å². The minimum absolute atomic E-state index is 0.116. The molecule has 82 valence electrons. The van der Waals surface area contributed by atoms with Crippen LogP contribution >= 0.6 is 0 Å². The quantitative estimate of drug-likeness (QED) is 0.790. The number of aromatic nitrogens is 1. The second-order valence-corrected chi connectivity index (χ2v) is 3.31. The van der Waals surface area contributed by atoms with Crippen molar-refractivity contribution in [3.8, 4) is 0 Å². The molecule has 0 aromatic carbocycles. The molecule has 15 heavy (non-hydrogen) atoms. The third-order valence-electron chi connectivity index (χ3n) is 1.85. The summed E-state index contributed by atoms with van der Waals surface area (Å²) in [4.78, 5) is 23.5. The van der Waals surface area contributed by atoms with Gasteiger partial charge in [0, 0.05) is 12.1 Å². The molecule has 1 N–H and O–H groups in total. The Bertz CT molecular complexity index is 345. The van der Waals surface area contributed by atoms with Crippen molar-refractivity contribution in [1.29, 1.82) is 0 Å². The average Bonchev–Trinajstić information content (AvgIpc) is 2.65. The van der Waals surface area contributed by atoms with E-state index in [2.05, 4.69) is 9.68 Å². The Hall–Kier alpha value is -1.85. The molecule has 0 saturated carbocycles. The first-order chi connectivity index (χ1) is 7.02. The van der Waals surface area contributed by atoms with Gasteiger partial charge in [-0.2, -0.15) is 0 Å². The summed E-state index contributed by atoms with van der Waals surface area (Å²) in [6, 6.07) is 1.20. The molecule has 6 nitrogen and oxygen atoms in total. The second-order valence-electron chi connectivity index (χ2n) is 3.31. The van der Waals surface area contributed by atoms with E-state index in [0.717, 1.165) is 0 Å². The molecular formula is C9H12N2O4. The third kappa shape index (κ3) is 2.80. The third-order valence-corrected chi connectivity index (χ3v) is 1.85. The molecule has 0 fully saturated rings. The summed E-state index contributed by atoms with van der Waals surface area (Å²) in [5, 5.41) is 12.1. The zero-order valence-corrected chi connectivity index (χ0v) is 8.51. The van der Waals surface area contributed by atoms with Crippen molar-refractivity contribution in [1.82, 2.24) is 10.1 Å². The molecule has 6 heteroatoms. The highest BCUT2D eigenvalue weighted by Gasteiger charge is 2.22. The van der Waals surface area contributed by atoms with E-state index in [1.54, 1.807) is 13.8 Å². The Morgan fingerprint density at radius 2 is 2.27 bits per heavy atom. The number of rotatable bonds is 4. The standard InChI is InChI=1S/C9H12N2O4/c1-6(2)11(5-8(12)13)9(14)7-3-4-15-10-7/h3-4,6H,5H2,1-2H3,(H,12,13). The average molecular weight is 212 g/mol. The van der Waals surface area contributed by atoms with Crippen molar-refractivity contribution >= 4 is 11.9 Å². The maximum atomic E-state index is 11.7. The monoisotopic (exact) mass is 212 g/mol. The molecule has 0 radical (unpaired) electrons. The maximum absolute atomic E-state index is 11.7. The summed E-state index contributed by atoms with van der Waals surface area (Å²) in [5.74, 6) is -1.50. The largest absolute Gasteiger partial charge is 0.480 e.